The van der Waals surface area contributed by atoms with Crippen molar-refractivity contribution in [1.29, 1.82) is 0 Å². The highest BCUT2D eigenvalue weighted by molar-refractivity contribution is 5.85. The Morgan fingerprint density at radius 1 is 1.38 bits per heavy atom. The Labute approximate surface area is 53.6 Å². The summed E-state index contributed by atoms with van der Waals surface area (Å²) in [5, 5.41) is 6.21. The zero-order valence-corrected chi connectivity index (χ0v) is 5.06. The molecule has 0 bridgehead atoms. The number of nitrogens with zero attached hydrogens (tertiary/aromatic N) is 1. The molecule has 8 heavy (non-hydrogen) atoms. The summed E-state index contributed by atoms with van der Waals surface area (Å²) in [6, 6.07) is 1.83. The third-order valence-corrected chi connectivity index (χ3v) is 0.406. The Hall–Kier alpha value is -0.580. The van der Waals surface area contributed by atoms with E-state index in [1.807, 2.05) is 6.07 Å². The van der Waals surface area contributed by atoms with Crippen molar-refractivity contribution in [3.63, 3.8) is 0 Å². The first-order valence-electron chi connectivity index (χ1n) is 1.77. The van der Waals surface area contributed by atoms with Gasteiger partial charge >= 0.3 is 0 Å². The van der Waals surface area contributed by atoms with E-state index in [0.717, 1.165) is 0 Å². The molecule has 1 rings (SSSR count). The largest absolute Gasteiger partial charge is 0.286 e. The quantitative estimate of drug-likeness (QED) is 0.337. The van der Waals surface area contributed by atoms with Crippen molar-refractivity contribution >= 4 is 12.4 Å². The number of rotatable bonds is 0. The molecule has 1 heterocycles. The molecule has 0 unspecified atom stereocenters. The SMILES string of the molecule is Cl.NN.c1cn[nH]c1. The zero-order chi connectivity index (χ0) is 5.54. The van der Waals surface area contributed by atoms with E-state index in [-0.39, 0.29) is 12.4 Å². The van der Waals surface area contributed by atoms with Gasteiger partial charge in [0.1, 0.15) is 0 Å². The van der Waals surface area contributed by atoms with Gasteiger partial charge in [-0.3, -0.25) is 16.8 Å². The molecule has 0 amide bonds. The minimum atomic E-state index is 0. The van der Waals surface area contributed by atoms with Crippen molar-refractivity contribution in [2.45, 2.75) is 0 Å². The van der Waals surface area contributed by atoms with Crippen molar-refractivity contribution in [2.24, 2.45) is 11.7 Å². The zero-order valence-electron chi connectivity index (χ0n) is 4.24. The Bertz CT molecular complexity index is 67.8. The Balaban J connectivity index is 0. The fourth-order valence-electron chi connectivity index (χ4n) is 0.215. The van der Waals surface area contributed by atoms with Crippen LogP contribution < -0.4 is 11.7 Å². The van der Waals surface area contributed by atoms with Gasteiger partial charge in [-0.05, 0) is 6.07 Å². The summed E-state index contributed by atoms with van der Waals surface area (Å²) >= 11 is 0. The minimum absolute atomic E-state index is 0. The Morgan fingerprint density at radius 3 is 2.12 bits per heavy atom. The van der Waals surface area contributed by atoms with Gasteiger partial charge < -0.3 is 0 Å². The molecule has 0 radical (unpaired) electrons. The molecule has 0 saturated carbocycles. The smallest absolute Gasteiger partial charge is 0.0487 e. The monoisotopic (exact) mass is 136 g/mol. The molecule has 0 aromatic carbocycles. The van der Waals surface area contributed by atoms with E-state index in [1.165, 1.54) is 0 Å². The molecular formula is C3H9ClN4. The van der Waals surface area contributed by atoms with Crippen LogP contribution in [0.25, 0.3) is 0 Å². The Morgan fingerprint density at radius 2 is 2.00 bits per heavy atom. The second-order valence-corrected chi connectivity index (χ2v) is 0.766. The number of nitrogens with two attached hydrogens (primary N) is 2. The van der Waals surface area contributed by atoms with Gasteiger partial charge in [0.05, 0.1) is 0 Å². The van der Waals surface area contributed by atoms with E-state index < -0.39 is 0 Å². The fourth-order valence-corrected chi connectivity index (χ4v) is 0.215. The first-order chi connectivity index (χ1) is 3.50. The molecular weight excluding hydrogens is 128 g/mol. The molecule has 48 valence electrons. The lowest BCUT2D eigenvalue weighted by Gasteiger charge is -1.49. The number of halogens is 1. The van der Waals surface area contributed by atoms with Crippen LogP contribution in [0.4, 0.5) is 0 Å². The number of aromatic amines is 1. The number of H-pyrrole nitrogens is 1. The first-order valence-corrected chi connectivity index (χ1v) is 1.77. The van der Waals surface area contributed by atoms with Crippen LogP contribution in [0.15, 0.2) is 18.5 Å². The summed E-state index contributed by atoms with van der Waals surface area (Å²) in [4.78, 5) is 0. The van der Waals surface area contributed by atoms with Crippen LogP contribution in [-0.4, -0.2) is 10.2 Å². The number of aromatic nitrogens is 2. The average Bonchev–Trinajstić information content (AvgIpc) is 2.23. The summed E-state index contributed by atoms with van der Waals surface area (Å²) in [6.45, 7) is 0. The molecule has 5 heteroatoms. The van der Waals surface area contributed by atoms with Gasteiger partial charge in [-0.15, -0.1) is 12.4 Å². The molecule has 1 aromatic heterocycles. The van der Waals surface area contributed by atoms with Crippen LogP contribution in [0, 0.1) is 0 Å². The summed E-state index contributed by atoms with van der Waals surface area (Å²) < 4.78 is 0. The van der Waals surface area contributed by atoms with Gasteiger partial charge in [-0.2, -0.15) is 5.10 Å². The molecule has 0 atom stereocenters. The number of nitrogens with one attached hydrogen (secondary N) is 1. The van der Waals surface area contributed by atoms with E-state index in [9.17, 15) is 0 Å². The van der Waals surface area contributed by atoms with Crippen molar-refractivity contribution in [2.75, 3.05) is 0 Å². The summed E-state index contributed by atoms with van der Waals surface area (Å²) in [5.74, 6) is 8.00. The standard InChI is InChI=1S/C3H4N2.ClH.H4N2/c1-2-4-5-3-1;;1-2/h1-3H,(H,4,5);1H;1-2H2. The third-order valence-electron chi connectivity index (χ3n) is 0.406. The van der Waals surface area contributed by atoms with E-state index in [4.69, 9.17) is 0 Å². The van der Waals surface area contributed by atoms with E-state index in [2.05, 4.69) is 21.9 Å². The number of hydrogen-bond donors (Lipinski definition) is 3. The molecule has 0 aliphatic rings. The van der Waals surface area contributed by atoms with E-state index >= 15 is 0 Å². The van der Waals surface area contributed by atoms with Crippen molar-refractivity contribution in [1.82, 2.24) is 10.2 Å². The van der Waals surface area contributed by atoms with Crippen LogP contribution in [0.1, 0.15) is 0 Å². The van der Waals surface area contributed by atoms with E-state index in [1.54, 1.807) is 12.4 Å². The van der Waals surface area contributed by atoms with Gasteiger partial charge in [-0.1, -0.05) is 0 Å². The molecule has 0 aliphatic carbocycles. The second kappa shape index (κ2) is 9.65. The van der Waals surface area contributed by atoms with Gasteiger partial charge in [0.15, 0.2) is 0 Å². The highest BCUT2D eigenvalue weighted by atomic mass is 35.5. The van der Waals surface area contributed by atoms with Gasteiger partial charge in [0.25, 0.3) is 0 Å². The van der Waals surface area contributed by atoms with Crippen LogP contribution >= 0.6 is 12.4 Å². The molecule has 4 nitrogen and oxygen atoms in total. The van der Waals surface area contributed by atoms with Gasteiger partial charge in [0, 0.05) is 12.4 Å². The van der Waals surface area contributed by atoms with Gasteiger partial charge in [0.2, 0.25) is 0 Å². The maximum atomic E-state index is 4.00. The lowest BCUT2D eigenvalue weighted by atomic mass is 10.8. The van der Waals surface area contributed by atoms with Crippen molar-refractivity contribution < 1.29 is 0 Å². The first kappa shape index (κ1) is 10.4. The summed E-state index contributed by atoms with van der Waals surface area (Å²) in [7, 11) is 0. The summed E-state index contributed by atoms with van der Waals surface area (Å²) in [6.07, 6.45) is 3.46. The maximum absolute atomic E-state index is 4.00. The average molecular weight is 137 g/mol. The van der Waals surface area contributed by atoms with Crippen LogP contribution in [0.2, 0.25) is 0 Å². The molecule has 0 spiro atoms. The van der Waals surface area contributed by atoms with Gasteiger partial charge in [-0.25, -0.2) is 0 Å². The van der Waals surface area contributed by atoms with Crippen molar-refractivity contribution in [3.8, 4) is 0 Å². The van der Waals surface area contributed by atoms with Crippen LogP contribution in [-0.2, 0) is 0 Å². The highest BCUT2D eigenvalue weighted by Crippen LogP contribution is 1.64. The molecule has 5 N–H and O–H groups in total. The number of hydrazine groups is 1. The predicted molar refractivity (Wildman–Crippen MR) is 34.2 cm³/mol. The number of hydrogen-bond acceptors (Lipinski definition) is 3. The molecule has 0 fully saturated rings. The fraction of sp³-hybridized carbons (Fsp3) is 0. The van der Waals surface area contributed by atoms with Crippen LogP contribution in [0.5, 0.6) is 0 Å². The lowest BCUT2D eigenvalue weighted by Crippen LogP contribution is -2.02. The van der Waals surface area contributed by atoms with E-state index in [0.29, 0.717) is 0 Å². The molecule has 1 aromatic rings. The minimum Gasteiger partial charge on any atom is -0.286 e. The highest BCUT2D eigenvalue weighted by Gasteiger charge is 1.56. The second-order valence-electron chi connectivity index (χ2n) is 0.766. The summed E-state index contributed by atoms with van der Waals surface area (Å²) in [5.41, 5.74) is 0. The third kappa shape index (κ3) is 5.42. The normalized spacial score (nSPS) is 5.75. The molecule has 0 aliphatic heterocycles. The lowest BCUT2D eigenvalue weighted by molar-refractivity contribution is 1.09. The topological polar surface area (TPSA) is 80.7 Å². The Kier molecular flexibility index (Phi) is 12.6. The van der Waals surface area contributed by atoms with Crippen LogP contribution in [0.3, 0.4) is 0 Å². The molecule has 0 saturated heterocycles. The van der Waals surface area contributed by atoms with Crippen molar-refractivity contribution in [3.05, 3.63) is 18.5 Å². The predicted octanol–water partition coefficient (Wildman–Crippen LogP) is -0.350. The maximum Gasteiger partial charge on any atom is 0.0487 e.